The van der Waals surface area contributed by atoms with Gasteiger partial charge in [-0.1, -0.05) is 37.9 Å². The molecule has 0 N–H and O–H groups in total. The lowest BCUT2D eigenvalue weighted by atomic mass is 9.98. The van der Waals surface area contributed by atoms with E-state index in [-0.39, 0.29) is 5.91 Å². The summed E-state index contributed by atoms with van der Waals surface area (Å²) in [5.41, 5.74) is 1.87. The summed E-state index contributed by atoms with van der Waals surface area (Å²) >= 11 is 6.96. The van der Waals surface area contributed by atoms with Gasteiger partial charge in [0.15, 0.2) is 0 Å². The molecule has 0 radical (unpaired) electrons. The van der Waals surface area contributed by atoms with Crippen LogP contribution in [0, 0.1) is 12.8 Å². The molecule has 1 saturated heterocycles. The van der Waals surface area contributed by atoms with Gasteiger partial charge >= 0.3 is 0 Å². The Labute approximate surface area is 125 Å². The van der Waals surface area contributed by atoms with Gasteiger partial charge in [-0.05, 0) is 43.4 Å². The van der Waals surface area contributed by atoms with Crippen molar-refractivity contribution in [3.63, 3.8) is 0 Å². The first-order valence-electron chi connectivity index (χ1n) is 6.23. The first kappa shape index (κ1) is 14.1. The minimum Gasteiger partial charge on any atom is -0.339 e. The van der Waals surface area contributed by atoms with Crippen molar-refractivity contribution >= 4 is 37.8 Å². The van der Waals surface area contributed by atoms with Crippen LogP contribution in [-0.4, -0.2) is 29.2 Å². The fourth-order valence-corrected chi connectivity index (χ4v) is 3.29. The van der Waals surface area contributed by atoms with Crippen LogP contribution in [0.25, 0.3) is 0 Å². The van der Waals surface area contributed by atoms with Gasteiger partial charge < -0.3 is 4.90 Å². The monoisotopic (exact) mass is 373 g/mol. The van der Waals surface area contributed by atoms with Crippen molar-refractivity contribution in [3.8, 4) is 0 Å². The number of likely N-dealkylation sites (tertiary alicyclic amines) is 1. The van der Waals surface area contributed by atoms with E-state index in [0.29, 0.717) is 0 Å². The summed E-state index contributed by atoms with van der Waals surface area (Å²) in [5, 5.41) is 1.05. The smallest absolute Gasteiger partial charge is 0.254 e. The summed E-state index contributed by atoms with van der Waals surface area (Å²) in [6, 6.07) is 5.89. The van der Waals surface area contributed by atoms with E-state index >= 15 is 0 Å². The zero-order valence-electron chi connectivity index (χ0n) is 10.5. The number of hydrogen-bond donors (Lipinski definition) is 0. The number of nitrogens with zero attached hydrogens (tertiary/aromatic N) is 1. The molecule has 1 heterocycles. The first-order chi connectivity index (χ1) is 8.61. The maximum atomic E-state index is 12.5. The van der Waals surface area contributed by atoms with E-state index < -0.39 is 0 Å². The minimum atomic E-state index is 0.168. The van der Waals surface area contributed by atoms with Gasteiger partial charge in [0.25, 0.3) is 5.91 Å². The molecule has 1 aliphatic rings. The molecule has 1 amide bonds. The second kappa shape index (κ2) is 6.20. The number of alkyl halides is 1. The third-order valence-corrected chi connectivity index (χ3v) is 4.96. The van der Waals surface area contributed by atoms with Crippen molar-refractivity contribution in [1.29, 1.82) is 0 Å². The van der Waals surface area contributed by atoms with Crippen molar-refractivity contribution < 1.29 is 4.79 Å². The molecule has 0 spiro atoms. The van der Waals surface area contributed by atoms with E-state index in [1.807, 2.05) is 30.0 Å². The molecule has 0 atom stereocenters. The van der Waals surface area contributed by atoms with Gasteiger partial charge in [0.05, 0.1) is 0 Å². The summed E-state index contributed by atoms with van der Waals surface area (Å²) < 4.78 is 0.965. The van der Waals surface area contributed by atoms with Crippen LogP contribution in [0.3, 0.4) is 0 Å². The van der Waals surface area contributed by atoms with Gasteiger partial charge in [0.1, 0.15) is 0 Å². The van der Waals surface area contributed by atoms with E-state index in [9.17, 15) is 4.79 Å². The lowest BCUT2D eigenvalue weighted by molar-refractivity contribution is 0.0698. The van der Waals surface area contributed by atoms with Crippen molar-refractivity contribution in [3.05, 3.63) is 33.8 Å². The molecule has 0 aliphatic carbocycles. The second-order valence-electron chi connectivity index (χ2n) is 4.85. The van der Waals surface area contributed by atoms with Crippen LogP contribution in [0.1, 0.15) is 28.8 Å². The number of aryl methyl sites for hydroxylation is 1. The van der Waals surface area contributed by atoms with E-state index in [2.05, 4.69) is 31.9 Å². The molecule has 1 aromatic rings. The molecule has 2 nitrogen and oxygen atoms in total. The third kappa shape index (κ3) is 3.15. The highest BCUT2D eigenvalue weighted by Gasteiger charge is 2.23. The van der Waals surface area contributed by atoms with Crippen LogP contribution in [0.5, 0.6) is 0 Å². The van der Waals surface area contributed by atoms with Gasteiger partial charge in [-0.3, -0.25) is 4.79 Å². The molecular weight excluding hydrogens is 358 g/mol. The molecule has 18 heavy (non-hydrogen) atoms. The highest BCUT2D eigenvalue weighted by atomic mass is 79.9. The van der Waals surface area contributed by atoms with Crippen LogP contribution in [0.15, 0.2) is 22.7 Å². The number of halogens is 2. The lowest BCUT2D eigenvalue weighted by Gasteiger charge is -2.31. The maximum Gasteiger partial charge on any atom is 0.254 e. The Kier molecular flexibility index (Phi) is 4.84. The van der Waals surface area contributed by atoms with E-state index in [0.717, 1.165) is 52.8 Å². The Balaban J connectivity index is 2.10. The third-order valence-electron chi connectivity index (χ3n) is 3.55. The Hall–Kier alpha value is -0.350. The fourth-order valence-electron chi connectivity index (χ4n) is 2.29. The summed E-state index contributed by atoms with van der Waals surface area (Å²) in [6.45, 7) is 3.74. The molecule has 1 aliphatic heterocycles. The molecule has 4 heteroatoms. The van der Waals surface area contributed by atoms with Crippen LogP contribution < -0.4 is 0 Å². The number of carbonyl (C=O) groups excluding carboxylic acids is 1. The number of benzene rings is 1. The number of piperidine rings is 1. The Morgan fingerprint density at radius 3 is 2.67 bits per heavy atom. The van der Waals surface area contributed by atoms with Crippen molar-refractivity contribution in [2.45, 2.75) is 19.8 Å². The molecule has 1 fully saturated rings. The van der Waals surface area contributed by atoms with E-state index in [4.69, 9.17) is 0 Å². The normalized spacial score (nSPS) is 16.9. The van der Waals surface area contributed by atoms with Crippen LogP contribution in [-0.2, 0) is 0 Å². The van der Waals surface area contributed by atoms with E-state index in [1.54, 1.807) is 0 Å². The summed E-state index contributed by atoms with van der Waals surface area (Å²) in [5.74, 6) is 0.888. The summed E-state index contributed by atoms with van der Waals surface area (Å²) in [4.78, 5) is 14.4. The number of hydrogen-bond acceptors (Lipinski definition) is 1. The number of rotatable bonds is 2. The zero-order valence-corrected chi connectivity index (χ0v) is 13.6. The van der Waals surface area contributed by atoms with Crippen LogP contribution >= 0.6 is 31.9 Å². The SMILES string of the molecule is Cc1ccc(Br)cc1C(=O)N1CCC(CBr)CC1. The lowest BCUT2D eigenvalue weighted by Crippen LogP contribution is -2.39. The molecule has 98 valence electrons. The highest BCUT2D eigenvalue weighted by Crippen LogP contribution is 2.23. The Bertz CT molecular complexity index is 439. The molecule has 0 unspecified atom stereocenters. The predicted molar refractivity (Wildman–Crippen MR) is 81.3 cm³/mol. The van der Waals surface area contributed by atoms with Gasteiger partial charge in [0, 0.05) is 28.5 Å². The Morgan fingerprint density at radius 2 is 2.06 bits per heavy atom. The topological polar surface area (TPSA) is 20.3 Å². The molecular formula is C14H17Br2NO. The van der Waals surface area contributed by atoms with Crippen molar-refractivity contribution in [2.75, 3.05) is 18.4 Å². The maximum absolute atomic E-state index is 12.5. The molecule has 2 rings (SSSR count). The van der Waals surface area contributed by atoms with Crippen LogP contribution in [0.2, 0.25) is 0 Å². The summed E-state index contributed by atoms with van der Waals surface area (Å²) in [6.07, 6.45) is 2.20. The van der Waals surface area contributed by atoms with Gasteiger partial charge in [-0.2, -0.15) is 0 Å². The molecule has 0 saturated carbocycles. The Morgan fingerprint density at radius 1 is 1.39 bits per heavy atom. The van der Waals surface area contributed by atoms with Gasteiger partial charge in [-0.15, -0.1) is 0 Å². The fraction of sp³-hybridized carbons (Fsp3) is 0.500. The largest absolute Gasteiger partial charge is 0.339 e. The van der Waals surface area contributed by atoms with E-state index in [1.165, 1.54) is 0 Å². The number of carbonyl (C=O) groups is 1. The molecule has 0 bridgehead atoms. The standard InChI is InChI=1S/C14H17Br2NO/c1-10-2-3-12(16)8-13(10)14(18)17-6-4-11(9-15)5-7-17/h2-3,8,11H,4-7,9H2,1H3. The first-order valence-corrected chi connectivity index (χ1v) is 8.14. The number of amides is 1. The van der Waals surface area contributed by atoms with Gasteiger partial charge in [-0.25, -0.2) is 0 Å². The molecule has 1 aromatic carbocycles. The van der Waals surface area contributed by atoms with Crippen molar-refractivity contribution in [2.24, 2.45) is 5.92 Å². The quantitative estimate of drug-likeness (QED) is 0.716. The highest BCUT2D eigenvalue weighted by molar-refractivity contribution is 9.10. The predicted octanol–water partition coefficient (Wildman–Crippen LogP) is 4.00. The average Bonchev–Trinajstić information content (AvgIpc) is 2.41. The van der Waals surface area contributed by atoms with Gasteiger partial charge in [0.2, 0.25) is 0 Å². The zero-order chi connectivity index (χ0) is 13.1. The second-order valence-corrected chi connectivity index (χ2v) is 6.41. The minimum absolute atomic E-state index is 0.168. The van der Waals surface area contributed by atoms with Crippen LogP contribution in [0.4, 0.5) is 0 Å². The average molecular weight is 375 g/mol. The van der Waals surface area contributed by atoms with Crippen molar-refractivity contribution in [1.82, 2.24) is 4.90 Å². The molecule has 0 aromatic heterocycles. The summed E-state index contributed by atoms with van der Waals surface area (Å²) in [7, 11) is 0.